The maximum absolute atomic E-state index is 13.1. The van der Waals surface area contributed by atoms with E-state index in [-0.39, 0.29) is 29.4 Å². The van der Waals surface area contributed by atoms with E-state index in [1.165, 1.54) is 6.07 Å². The SMILES string of the molecule is CN1CCN(CC(=O)Nc2ccc(NC(=O)[C@@H]3CCCN3/N=C/c3ccc(OC(F)F)c(OC4CCCC4)c3)cc2)CC1. The second-order valence-electron chi connectivity index (χ2n) is 11.4. The van der Waals surface area contributed by atoms with E-state index in [9.17, 15) is 18.4 Å². The molecule has 2 aromatic rings. The molecule has 5 rings (SSSR count). The van der Waals surface area contributed by atoms with Crippen molar-refractivity contribution in [3.05, 3.63) is 48.0 Å². The average molecular weight is 599 g/mol. The quantitative estimate of drug-likeness (QED) is 0.374. The molecule has 0 bridgehead atoms. The summed E-state index contributed by atoms with van der Waals surface area (Å²) in [6, 6.07) is 11.4. The molecule has 12 heteroatoms. The van der Waals surface area contributed by atoms with Gasteiger partial charge in [0.25, 0.3) is 0 Å². The van der Waals surface area contributed by atoms with Gasteiger partial charge in [0.1, 0.15) is 6.04 Å². The van der Waals surface area contributed by atoms with Gasteiger partial charge in [0.2, 0.25) is 11.8 Å². The highest BCUT2D eigenvalue weighted by Crippen LogP contribution is 2.33. The van der Waals surface area contributed by atoms with Crippen molar-refractivity contribution in [2.24, 2.45) is 5.10 Å². The zero-order chi connectivity index (χ0) is 30.2. The van der Waals surface area contributed by atoms with Crippen LogP contribution in [-0.2, 0) is 9.59 Å². The molecule has 1 atom stereocenters. The van der Waals surface area contributed by atoms with E-state index in [1.54, 1.807) is 47.6 Å². The van der Waals surface area contributed by atoms with Crippen LogP contribution in [0, 0.1) is 0 Å². The lowest BCUT2D eigenvalue weighted by Crippen LogP contribution is -2.47. The number of hydrazone groups is 1. The normalized spacial score (nSPS) is 20.2. The number of benzene rings is 2. The van der Waals surface area contributed by atoms with Crippen LogP contribution < -0.4 is 20.1 Å². The van der Waals surface area contributed by atoms with Crippen molar-refractivity contribution in [1.82, 2.24) is 14.8 Å². The summed E-state index contributed by atoms with van der Waals surface area (Å²) >= 11 is 0. The third kappa shape index (κ3) is 8.87. The topological polar surface area (TPSA) is 98.7 Å². The van der Waals surface area contributed by atoms with Crippen LogP contribution in [0.3, 0.4) is 0 Å². The number of anilines is 2. The molecule has 0 aromatic heterocycles. The van der Waals surface area contributed by atoms with Gasteiger partial charge in [0.15, 0.2) is 11.5 Å². The van der Waals surface area contributed by atoms with Crippen LogP contribution in [0.1, 0.15) is 44.1 Å². The number of nitrogens with one attached hydrogen (secondary N) is 2. The third-order valence-electron chi connectivity index (χ3n) is 8.06. The molecule has 43 heavy (non-hydrogen) atoms. The molecule has 3 fully saturated rings. The second kappa shape index (κ2) is 14.6. The van der Waals surface area contributed by atoms with Crippen molar-refractivity contribution in [3.8, 4) is 11.5 Å². The number of rotatable bonds is 11. The highest BCUT2D eigenvalue weighted by molar-refractivity contribution is 5.96. The molecule has 3 aliphatic rings. The third-order valence-corrected chi connectivity index (χ3v) is 8.06. The summed E-state index contributed by atoms with van der Waals surface area (Å²) in [5, 5.41) is 12.2. The van der Waals surface area contributed by atoms with Crippen LogP contribution in [0.15, 0.2) is 47.6 Å². The first-order valence-corrected chi connectivity index (χ1v) is 15.0. The highest BCUT2D eigenvalue weighted by atomic mass is 19.3. The van der Waals surface area contributed by atoms with Gasteiger partial charge in [-0.1, -0.05) is 0 Å². The summed E-state index contributed by atoms with van der Waals surface area (Å²) in [5.74, 6) is 0.0329. The van der Waals surface area contributed by atoms with Gasteiger partial charge >= 0.3 is 6.61 Å². The molecule has 0 radical (unpaired) electrons. The molecule has 2 amide bonds. The number of halogens is 2. The summed E-state index contributed by atoms with van der Waals surface area (Å²) in [7, 11) is 2.08. The molecule has 2 saturated heterocycles. The number of amides is 2. The van der Waals surface area contributed by atoms with Gasteiger partial charge < -0.3 is 25.0 Å². The first kappa shape index (κ1) is 30.7. The lowest BCUT2D eigenvalue weighted by Gasteiger charge is -2.31. The molecule has 2 N–H and O–H groups in total. The minimum Gasteiger partial charge on any atom is -0.487 e. The molecular weight excluding hydrogens is 558 g/mol. The van der Waals surface area contributed by atoms with Gasteiger partial charge in [-0.15, -0.1) is 0 Å². The number of alkyl halides is 2. The van der Waals surface area contributed by atoms with Crippen molar-refractivity contribution in [1.29, 1.82) is 0 Å². The fraction of sp³-hybridized carbons (Fsp3) is 0.516. The summed E-state index contributed by atoms with van der Waals surface area (Å²) in [6.45, 7) is 1.67. The number of carbonyl (C=O) groups excluding carboxylic acids is 2. The summed E-state index contributed by atoms with van der Waals surface area (Å²) in [6.07, 6.45) is 6.91. The predicted molar refractivity (Wildman–Crippen MR) is 161 cm³/mol. The number of hydrogen-bond donors (Lipinski definition) is 2. The predicted octanol–water partition coefficient (Wildman–Crippen LogP) is 4.23. The first-order valence-electron chi connectivity index (χ1n) is 15.0. The molecule has 232 valence electrons. The number of piperazine rings is 1. The fourth-order valence-corrected chi connectivity index (χ4v) is 5.65. The van der Waals surface area contributed by atoms with Crippen molar-refractivity contribution >= 4 is 29.4 Å². The molecule has 2 aliphatic heterocycles. The van der Waals surface area contributed by atoms with Crippen LogP contribution in [0.2, 0.25) is 0 Å². The van der Waals surface area contributed by atoms with Gasteiger partial charge in [-0.2, -0.15) is 13.9 Å². The molecule has 10 nitrogen and oxygen atoms in total. The number of carbonyl (C=O) groups is 2. The number of nitrogens with zero attached hydrogens (tertiary/aromatic N) is 4. The smallest absolute Gasteiger partial charge is 0.387 e. The molecule has 0 spiro atoms. The lowest BCUT2D eigenvalue weighted by atomic mass is 10.2. The number of likely N-dealkylation sites (N-methyl/N-ethyl adjacent to an activating group) is 1. The Kier molecular flexibility index (Phi) is 10.4. The minimum absolute atomic E-state index is 0.00177. The molecule has 0 unspecified atom stereocenters. The fourth-order valence-electron chi connectivity index (χ4n) is 5.65. The zero-order valence-electron chi connectivity index (χ0n) is 24.5. The van der Waals surface area contributed by atoms with E-state index in [1.807, 2.05) is 0 Å². The van der Waals surface area contributed by atoms with Gasteiger partial charge in [0.05, 0.1) is 18.9 Å². The summed E-state index contributed by atoms with van der Waals surface area (Å²) in [4.78, 5) is 30.0. The van der Waals surface area contributed by atoms with Crippen molar-refractivity contribution in [3.63, 3.8) is 0 Å². The minimum atomic E-state index is -2.95. The van der Waals surface area contributed by atoms with E-state index < -0.39 is 12.7 Å². The molecule has 1 saturated carbocycles. The van der Waals surface area contributed by atoms with Crippen LogP contribution in [-0.4, -0.2) is 97.9 Å². The van der Waals surface area contributed by atoms with Gasteiger partial charge in [-0.3, -0.25) is 19.5 Å². The van der Waals surface area contributed by atoms with Gasteiger partial charge in [-0.25, -0.2) is 0 Å². The van der Waals surface area contributed by atoms with Crippen molar-refractivity contribution < 1.29 is 27.8 Å². The Balaban J connectivity index is 1.15. The maximum atomic E-state index is 13.1. The maximum Gasteiger partial charge on any atom is 0.387 e. The standard InChI is InChI=1S/C31H40F2N6O4/c1-37-15-17-38(18-16-37)21-29(40)35-23-9-11-24(12-10-23)36-30(41)26-7-4-14-39(26)34-20-22-8-13-27(43-31(32)33)28(19-22)42-25-5-2-3-6-25/h8-13,19-20,25-26,31H,2-7,14-18,21H2,1H3,(H,35,40)(H,36,41)/b34-20+/t26-/m0/s1. The molecular formula is C31H40F2N6O4. The Hall–Kier alpha value is -3.77. The van der Waals surface area contributed by atoms with Crippen molar-refractivity contribution in [2.75, 3.05) is 56.9 Å². The van der Waals surface area contributed by atoms with Crippen LogP contribution >= 0.6 is 0 Å². The Morgan fingerprint density at radius 2 is 1.63 bits per heavy atom. The van der Waals surface area contributed by atoms with E-state index in [2.05, 4.69) is 37.3 Å². The largest absolute Gasteiger partial charge is 0.487 e. The average Bonchev–Trinajstić information content (AvgIpc) is 3.68. The Morgan fingerprint density at radius 3 is 2.33 bits per heavy atom. The Labute approximate surface area is 251 Å². The Morgan fingerprint density at radius 1 is 0.930 bits per heavy atom. The summed E-state index contributed by atoms with van der Waals surface area (Å²) < 4.78 is 36.5. The zero-order valence-corrected chi connectivity index (χ0v) is 24.5. The van der Waals surface area contributed by atoms with Crippen LogP contribution in [0.4, 0.5) is 20.2 Å². The van der Waals surface area contributed by atoms with Gasteiger partial charge in [-0.05, 0) is 93.6 Å². The molecule has 2 aromatic carbocycles. The van der Waals surface area contributed by atoms with Crippen LogP contribution in [0.25, 0.3) is 0 Å². The lowest BCUT2D eigenvalue weighted by molar-refractivity contribution is -0.120. The highest BCUT2D eigenvalue weighted by Gasteiger charge is 2.30. The first-order chi connectivity index (χ1) is 20.8. The van der Waals surface area contributed by atoms with E-state index in [0.717, 1.165) is 58.3 Å². The van der Waals surface area contributed by atoms with E-state index >= 15 is 0 Å². The van der Waals surface area contributed by atoms with Crippen molar-refractivity contribution in [2.45, 2.75) is 57.3 Å². The summed E-state index contributed by atoms with van der Waals surface area (Å²) in [5.41, 5.74) is 1.96. The van der Waals surface area contributed by atoms with E-state index in [4.69, 9.17) is 4.74 Å². The van der Waals surface area contributed by atoms with Gasteiger partial charge in [0, 0.05) is 44.1 Å². The Bertz CT molecular complexity index is 1260. The number of ether oxygens (including phenoxy) is 2. The molecule has 2 heterocycles. The van der Waals surface area contributed by atoms with E-state index in [0.29, 0.717) is 36.4 Å². The monoisotopic (exact) mass is 598 g/mol. The second-order valence-corrected chi connectivity index (χ2v) is 11.4. The molecule has 1 aliphatic carbocycles. The number of hydrogen-bond acceptors (Lipinski definition) is 8. The van der Waals surface area contributed by atoms with Crippen LogP contribution in [0.5, 0.6) is 11.5 Å².